The Hall–Kier alpha value is -1.66. The highest BCUT2D eigenvalue weighted by molar-refractivity contribution is 7.98. The number of aromatic nitrogens is 2. The summed E-state index contributed by atoms with van der Waals surface area (Å²) < 4.78 is 13.1. The molecule has 1 heterocycles. The van der Waals surface area contributed by atoms with Gasteiger partial charge in [-0.2, -0.15) is 0 Å². The third-order valence-electron chi connectivity index (χ3n) is 2.64. The number of nitrogens with two attached hydrogens (primary N) is 1. The first-order valence-electron chi connectivity index (χ1n) is 6.43. The monoisotopic (exact) mass is 292 g/mol. The van der Waals surface area contributed by atoms with Crippen molar-refractivity contribution in [2.45, 2.75) is 30.4 Å². The van der Waals surface area contributed by atoms with Crippen molar-refractivity contribution in [2.75, 3.05) is 5.43 Å². The van der Waals surface area contributed by atoms with Crippen LogP contribution in [0.2, 0.25) is 0 Å². The molecule has 0 aliphatic rings. The number of thioether (sulfide) groups is 1. The Morgan fingerprint density at radius 1 is 1.30 bits per heavy atom. The number of nitrogen functional groups attached to an aromatic ring is 1. The fourth-order valence-corrected chi connectivity index (χ4v) is 2.58. The number of halogens is 1. The Morgan fingerprint density at radius 3 is 2.85 bits per heavy atom. The van der Waals surface area contributed by atoms with Crippen molar-refractivity contribution in [3.63, 3.8) is 0 Å². The number of aryl methyl sites for hydroxylation is 1. The minimum absolute atomic E-state index is 0.236. The predicted octanol–water partition coefficient (Wildman–Crippen LogP) is 3.15. The van der Waals surface area contributed by atoms with Crippen LogP contribution in [-0.2, 0) is 12.2 Å². The van der Waals surface area contributed by atoms with Crippen LogP contribution in [0.1, 0.15) is 24.9 Å². The van der Waals surface area contributed by atoms with E-state index in [1.807, 2.05) is 12.1 Å². The van der Waals surface area contributed by atoms with E-state index in [-0.39, 0.29) is 5.82 Å². The lowest BCUT2D eigenvalue weighted by molar-refractivity contribution is 0.624. The zero-order chi connectivity index (χ0) is 14.4. The van der Waals surface area contributed by atoms with E-state index in [2.05, 4.69) is 22.3 Å². The quantitative estimate of drug-likeness (QED) is 0.486. The van der Waals surface area contributed by atoms with Crippen molar-refractivity contribution in [2.24, 2.45) is 5.84 Å². The fourth-order valence-electron chi connectivity index (χ4n) is 1.78. The Morgan fingerprint density at radius 2 is 2.15 bits per heavy atom. The summed E-state index contributed by atoms with van der Waals surface area (Å²) in [7, 11) is 0. The van der Waals surface area contributed by atoms with E-state index < -0.39 is 0 Å². The maximum absolute atomic E-state index is 13.1. The molecule has 0 aliphatic carbocycles. The van der Waals surface area contributed by atoms with Crippen LogP contribution in [0.25, 0.3) is 0 Å². The molecule has 0 atom stereocenters. The van der Waals surface area contributed by atoms with E-state index in [0.29, 0.717) is 17.4 Å². The smallest absolute Gasteiger partial charge is 0.143 e. The highest BCUT2D eigenvalue weighted by Crippen LogP contribution is 2.22. The first-order chi connectivity index (χ1) is 9.71. The molecule has 1 aromatic carbocycles. The first kappa shape index (κ1) is 14.7. The molecule has 6 heteroatoms. The molecule has 0 radical (unpaired) electrons. The highest BCUT2D eigenvalue weighted by Gasteiger charge is 2.05. The van der Waals surface area contributed by atoms with Gasteiger partial charge in [-0.3, -0.25) is 0 Å². The predicted molar refractivity (Wildman–Crippen MR) is 79.8 cm³/mol. The van der Waals surface area contributed by atoms with Gasteiger partial charge in [0, 0.05) is 16.7 Å². The number of hydrazine groups is 1. The van der Waals surface area contributed by atoms with Crippen LogP contribution in [0.15, 0.2) is 35.2 Å². The average Bonchev–Trinajstić information content (AvgIpc) is 2.45. The average molecular weight is 292 g/mol. The number of benzene rings is 1. The molecule has 0 saturated heterocycles. The minimum atomic E-state index is -0.236. The molecular weight excluding hydrogens is 275 g/mol. The molecule has 2 aromatic rings. The third-order valence-corrected chi connectivity index (χ3v) is 3.63. The van der Waals surface area contributed by atoms with Gasteiger partial charge in [0.1, 0.15) is 17.5 Å². The summed E-state index contributed by atoms with van der Waals surface area (Å²) in [5.74, 6) is 7.06. The zero-order valence-corrected chi connectivity index (χ0v) is 12.1. The Bertz CT molecular complexity index is 577. The molecule has 4 nitrogen and oxygen atoms in total. The molecule has 20 heavy (non-hydrogen) atoms. The number of rotatable bonds is 6. The van der Waals surface area contributed by atoms with Crippen LogP contribution in [0.4, 0.5) is 10.2 Å². The van der Waals surface area contributed by atoms with Crippen molar-refractivity contribution >= 4 is 17.6 Å². The van der Waals surface area contributed by atoms with E-state index in [1.54, 1.807) is 6.07 Å². The standard InChI is InChI=1S/C14H17FN4S/c1-2-4-11-8-13(19-16)18-14(17-11)9-20-12-6-3-5-10(15)7-12/h3,5-8H,2,4,9,16H2,1H3,(H,17,18,19). The molecular formula is C14H17FN4S. The second kappa shape index (κ2) is 7.21. The molecule has 0 spiro atoms. The molecule has 0 aliphatic heterocycles. The van der Waals surface area contributed by atoms with Crippen molar-refractivity contribution in [3.05, 3.63) is 47.7 Å². The molecule has 2 rings (SSSR count). The molecule has 0 amide bonds. The van der Waals surface area contributed by atoms with Crippen LogP contribution in [-0.4, -0.2) is 9.97 Å². The SMILES string of the molecule is CCCc1cc(NN)nc(CSc2cccc(F)c2)n1. The van der Waals surface area contributed by atoms with Crippen molar-refractivity contribution in [3.8, 4) is 0 Å². The fraction of sp³-hybridized carbons (Fsp3) is 0.286. The van der Waals surface area contributed by atoms with Crippen molar-refractivity contribution in [1.29, 1.82) is 0 Å². The zero-order valence-electron chi connectivity index (χ0n) is 11.3. The maximum Gasteiger partial charge on any atom is 0.143 e. The summed E-state index contributed by atoms with van der Waals surface area (Å²) in [5, 5.41) is 0. The number of hydrogen-bond acceptors (Lipinski definition) is 5. The van der Waals surface area contributed by atoms with Crippen LogP contribution >= 0.6 is 11.8 Å². The van der Waals surface area contributed by atoms with Crippen LogP contribution in [0, 0.1) is 5.82 Å². The minimum Gasteiger partial charge on any atom is -0.308 e. The number of nitrogens with zero attached hydrogens (tertiary/aromatic N) is 2. The number of nitrogens with one attached hydrogen (secondary N) is 1. The molecule has 0 fully saturated rings. The van der Waals surface area contributed by atoms with Gasteiger partial charge in [-0.05, 0) is 24.6 Å². The Kier molecular flexibility index (Phi) is 5.31. The summed E-state index contributed by atoms with van der Waals surface area (Å²) in [4.78, 5) is 9.66. The molecule has 0 unspecified atom stereocenters. The summed E-state index contributed by atoms with van der Waals surface area (Å²) in [6.07, 6.45) is 1.90. The molecule has 106 valence electrons. The summed E-state index contributed by atoms with van der Waals surface area (Å²) in [6.45, 7) is 2.10. The topological polar surface area (TPSA) is 63.8 Å². The second-order valence-corrected chi connectivity index (χ2v) is 5.35. The van der Waals surface area contributed by atoms with Crippen molar-refractivity contribution < 1.29 is 4.39 Å². The van der Waals surface area contributed by atoms with Gasteiger partial charge in [0.2, 0.25) is 0 Å². The van der Waals surface area contributed by atoms with Crippen LogP contribution < -0.4 is 11.3 Å². The molecule has 1 aromatic heterocycles. The van der Waals surface area contributed by atoms with E-state index >= 15 is 0 Å². The lowest BCUT2D eigenvalue weighted by atomic mass is 10.2. The highest BCUT2D eigenvalue weighted by atomic mass is 32.2. The van der Waals surface area contributed by atoms with Crippen LogP contribution in [0.3, 0.4) is 0 Å². The molecule has 0 bridgehead atoms. The second-order valence-electron chi connectivity index (χ2n) is 4.30. The van der Waals surface area contributed by atoms with E-state index in [1.165, 1.54) is 23.9 Å². The molecule has 0 saturated carbocycles. The van der Waals surface area contributed by atoms with Crippen LogP contribution in [0.5, 0.6) is 0 Å². The lowest BCUT2D eigenvalue weighted by Gasteiger charge is -2.07. The Labute approximate surface area is 122 Å². The third kappa shape index (κ3) is 4.18. The van der Waals surface area contributed by atoms with Gasteiger partial charge in [-0.25, -0.2) is 20.2 Å². The van der Waals surface area contributed by atoms with Gasteiger partial charge in [0.15, 0.2) is 0 Å². The van der Waals surface area contributed by atoms with E-state index in [9.17, 15) is 4.39 Å². The van der Waals surface area contributed by atoms with Gasteiger partial charge in [0.05, 0.1) is 5.75 Å². The lowest BCUT2D eigenvalue weighted by Crippen LogP contribution is -2.11. The normalized spacial score (nSPS) is 10.6. The summed E-state index contributed by atoms with van der Waals surface area (Å²) in [5.41, 5.74) is 3.52. The van der Waals surface area contributed by atoms with Crippen molar-refractivity contribution in [1.82, 2.24) is 9.97 Å². The van der Waals surface area contributed by atoms with E-state index in [4.69, 9.17) is 5.84 Å². The molecule has 3 N–H and O–H groups in total. The van der Waals surface area contributed by atoms with Gasteiger partial charge in [0.25, 0.3) is 0 Å². The van der Waals surface area contributed by atoms with Gasteiger partial charge in [-0.1, -0.05) is 19.4 Å². The number of hydrogen-bond donors (Lipinski definition) is 2. The van der Waals surface area contributed by atoms with Gasteiger partial charge < -0.3 is 5.43 Å². The van der Waals surface area contributed by atoms with E-state index in [0.717, 1.165) is 23.4 Å². The Balaban J connectivity index is 2.10. The number of anilines is 1. The summed E-state index contributed by atoms with van der Waals surface area (Å²) >= 11 is 1.50. The first-order valence-corrected chi connectivity index (χ1v) is 7.41. The van der Waals surface area contributed by atoms with Gasteiger partial charge >= 0.3 is 0 Å². The largest absolute Gasteiger partial charge is 0.308 e. The summed E-state index contributed by atoms with van der Waals surface area (Å²) in [6, 6.07) is 8.34. The maximum atomic E-state index is 13.1. The van der Waals surface area contributed by atoms with Gasteiger partial charge in [-0.15, -0.1) is 11.8 Å².